The van der Waals surface area contributed by atoms with Crippen LogP contribution in [0, 0.1) is 5.41 Å². The average molecular weight is 357 g/mol. The van der Waals surface area contributed by atoms with E-state index in [-0.39, 0.29) is 24.4 Å². The number of nitrogens with zero attached hydrogens (tertiary/aromatic N) is 1. The van der Waals surface area contributed by atoms with E-state index >= 15 is 0 Å². The predicted molar refractivity (Wildman–Crippen MR) is 86.4 cm³/mol. The van der Waals surface area contributed by atoms with Gasteiger partial charge in [-0.25, -0.2) is 4.79 Å². The van der Waals surface area contributed by atoms with E-state index in [1.165, 1.54) is 29.2 Å². The maximum Gasteiger partial charge on any atom is 0.410 e. The zero-order chi connectivity index (χ0) is 19.0. The lowest BCUT2D eigenvalue weighted by atomic mass is 9.75. The summed E-state index contributed by atoms with van der Waals surface area (Å²) in [6, 6.07) is 5.44. The fourth-order valence-corrected chi connectivity index (χ4v) is 2.75. The molecular formula is C18H22F3NO3. The molecule has 1 saturated heterocycles. The van der Waals surface area contributed by atoms with Crippen LogP contribution in [0.4, 0.5) is 18.0 Å². The Morgan fingerprint density at radius 2 is 1.64 bits per heavy atom. The molecule has 0 radical (unpaired) electrons. The smallest absolute Gasteiger partial charge is 0.410 e. The minimum Gasteiger partial charge on any atom is -0.444 e. The molecule has 0 unspecified atom stereocenters. The Balaban J connectivity index is 1.98. The zero-order valence-corrected chi connectivity index (χ0v) is 14.7. The molecule has 1 fully saturated rings. The number of halogens is 3. The van der Waals surface area contributed by atoms with Gasteiger partial charge >= 0.3 is 12.3 Å². The Hall–Kier alpha value is -2.05. The first-order valence-corrected chi connectivity index (χ1v) is 7.98. The number of benzene rings is 1. The molecule has 7 heteroatoms. The lowest BCUT2D eigenvalue weighted by Crippen LogP contribution is -2.61. The van der Waals surface area contributed by atoms with E-state index in [4.69, 9.17) is 4.74 Å². The van der Waals surface area contributed by atoms with Crippen molar-refractivity contribution in [1.82, 2.24) is 4.90 Å². The van der Waals surface area contributed by atoms with E-state index in [1.54, 1.807) is 27.7 Å². The van der Waals surface area contributed by atoms with Crippen molar-refractivity contribution in [2.45, 2.75) is 45.9 Å². The van der Waals surface area contributed by atoms with Crippen LogP contribution in [-0.4, -0.2) is 41.6 Å². The second-order valence-corrected chi connectivity index (χ2v) is 7.72. The molecule has 0 atom stereocenters. The van der Waals surface area contributed by atoms with Crippen LogP contribution < -0.4 is 0 Å². The van der Waals surface area contributed by atoms with Gasteiger partial charge in [-0.15, -0.1) is 0 Å². The molecule has 0 spiro atoms. The Morgan fingerprint density at radius 1 is 1.12 bits per heavy atom. The standard InChI is InChI=1S/C18H22F3NO3/c1-16(2,3)25-15(24)22-10-17(4,11-22)14(23)13-7-5-12(6-8-13)9-18(19,20)21/h5-8H,9-11H2,1-4H3. The first-order chi connectivity index (χ1) is 11.3. The predicted octanol–water partition coefficient (Wildman–Crippen LogP) is 4.23. The van der Waals surface area contributed by atoms with E-state index in [0.717, 1.165) is 0 Å². The molecule has 1 amide bonds. The Morgan fingerprint density at radius 3 is 2.08 bits per heavy atom. The number of likely N-dealkylation sites (tertiary alicyclic amines) is 1. The summed E-state index contributed by atoms with van der Waals surface area (Å²) < 4.78 is 42.4. The summed E-state index contributed by atoms with van der Waals surface area (Å²) >= 11 is 0. The number of carbonyl (C=O) groups is 2. The zero-order valence-electron chi connectivity index (χ0n) is 14.7. The van der Waals surface area contributed by atoms with Crippen molar-refractivity contribution in [2.24, 2.45) is 5.41 Å². The minimum atomic E-state index is -4.28. The van der Waals surface area contributed by atoms with Gasteiger partial charge in [0.25, 0.3) is 0 Å². The van der Waals surface area contributed by atoms with Gasteiger partial charge in [0, 0.05) is 18.7 Å². The average Bonchev–Trinajstić information content (AvgIpc) is 2.40. The number of amides is 1. The largest absolute Gasteiger partial charge is 0.444 e. The van der Waals surface area contributed by atoms with Crippen LogP contribution in [0.15, 0.2) is 24.3 Å². The molecule has 1 aromatic rings. The van der Waals surface area contributed by atoms with Crippen LogP contribution in [0.1, 0.15) is 43.6 Å². The molecule has 25 heavy (non-hydrogen) atoms. The second kappa shape index (κ2) is 6.35. The Bertz CT molecular complexity index is 654. The SMILES string of the molecule is CC(C)(C)OC(=O)N1CC(C)(C(=O)c2ccc(CC(F)(F)F)cc2)C1. The summed E-state index contributed by atoms with van der Waals surface area (Å²) in [4.78, 5) is 26.0. The number of ether oxygens (including phenoxy) is 1. The van der Waals surface area contributed by atoms with Crippen LogP contribution in [0.3, 0.4) is 0 Å². The summed E-state index contributed by atoms with van der Waals surface area (Å²) in [7, 11) is 0. The molecule has 0 bridgehead atoms. The summed E-state index contributed by atoms with van der Waals surface area (Å²) in [5.74, 6) is -0.189. The highest BCUT2D eigenvalue weighted by atomic mass is 19.4. The van der Waals surface area contributed by atoms with Crippen LogP contribution in [0.25, 0.3) is 0 Å². The molecule has 0 saturated carbocycles. The third kappa shape index (κ3) is 4.96. The summed E-state index contributed by atoms with van der Waals surface area (Å²) in [6.45, 7) is 7.47. The van der Waals surface area contributed by atoms with Crippen molar-refractivity contribution in [1.29, 1.82) is 0 Å². The van der Waals surface area contributed by atoms with E-state index in [0.29, 0.717) is 5.56 Å². The summed E-state index contributed by atoms with van der Waals surface area (Å²) in [5, 5.41) is 0. The van der Waals surface area contributed by atoms with E-state index < -0.39 is 29.7 Å². The third-order valence-electron chi connectivity index (χ3n) is 3.90. The van der Waals surface area contributed by atoms with Crippen molar-refractivity contribution in [3.8, 4) is 0 Å². The number of rotatable bonds is 3. The molecule has 0 aliphatic carbocycles. The quantitative estimate of drug-likeness (QED) is 0.761. The van der Waals surface area contributed by atoms with Crippen molar-refractivity contribution in [3.63, 3.8) is 0 Å². The molecular weight excluding hydrogens is 335 g/mol. The minimum absolute atomic E-state index is 0.109. The normalized spacial score (nSPS) is 17.0. The highest BCUT2D eigenvalue weighted by Crippen LogP contribution is 2.35. The van der Waals surface area contributed by atoms with Crippen LogP contribution >= 0.6 is 0 Å². The monoisotopic (exact) mass is 357 g/mol. The maximum atomic E-state index is 12.6. The maximum absolute atomic E-state index is 12.6. The van der Waals surface area contributed by atoms with E-state index in [2.05, 4.69) is 0 Å². The van der Waals surface area contributed by atoms with Crippen molar-refractivity contribution in [2.75, 3.05) is 13.1 Å². The first kappa shape index (κ1) is 19.3. The summed E-state index contributed by atoms with van der Waals surface area (Å²) in [5.41, 5.74) is -0.903. The lowest BCUT2D eigenvalue weighted by molar-refractivity contribution is -0.127. The molecule has 4 nitrogen and oxygen atoms in total. The van der Waals surface area contributed by atoms with Gasteiger partial charge in [-0.1, -0.05) is 24.3 Å². The number of carbonyl (C=O) groups excluding carboxylic acids is 2. The second-order valence-electron chi connectivity index (χ2n) is 7.72. The molecule has 0 N–H and O–H groups in total. The fraction of sp³-hybridized carbons (Fsp3) is 0.556. The highest BCUT2D eigenvalue weighted by molar-refractivity contribution is 6.02. The van der Waals surface area contributed by atoms with Gasteiger partial charge in [0.05, 0.1) is 11.8 Å². The van der Waals surface area contributed by atoms with Crippen LogP contribution in [0.5, 0.6) is 0 Å². The number of hydrogen-bond acceptors (Lipinski definition) is 3. The molecule has 1 aliphatic rings. The van der Waals surface area contributed by atoms with Gasteiger partial charge in [0.2, 0.25) is 0 Å². The number of alkyl halides is 3. The van der Waals surface area contributed by atoms with Crippen LogP contribution in [0.2, 0.25) is 0 Å². The van der Waals surface area contributed by atoms with Gasteiger partial charge in [-0.05, 0) is 33.3 Å². The Kier molecular flexibility index (Phi) is 4.90. The molecule has 0 aromatic heterocycles. The Labute approximate surface area is 144 Å². The molecule has 2 rings (SSSR count). The lowest BCUT2D eigenvalue weighted by Gasteiger charge is -2.46. The van der Waals surface area contributed by atoms with Gasteiger partial charge in [0.1, 0.15) is 5.60 Å². The van der Waals surface area contributed by atoms with Gasteiger partial charge in [-0.2, -0.15) is 13.2 Å². The molecule has 1 heterocycles. The van der Waals surface area contributed by atoms with Crippen molar-refractivity contribution < 1.29 is 27.5 Å². The van der Waals surface area contributed by atoms with Gasteiger partial charge in [0.15, 0.2) is 5.78 Å². The molecule has 1 aliphatic heterocycles. The number of Topliss-reactive ketones (excluding diaryl/α,β-unsaturated/α-hetero) is 1. The number of ketones is 1. The first-order valence-electron chi connectivity index (χ1n) is 7.98. The third-order valence-corrected chi connectivity index (χ3v) is 3.90. The van der Waals surface area contributed by atoms with Crippen molar-refractivity contribution in [3.05, 3.63) is 35.4 Å². The van der Waals surface area contributed by atoms with Gasteiger partial charge in [-0.3, -0.25) is 4.79 Å². The van der Waals surface area contributed by atoms with E-state index in [9.17, 15) is 22.8 Å². The summed E-state index contributed by atoms with van der Waals surface area (Å²) in [6.07, 6.45) is -5.77. The van der Waals surface area contributed by atoms with Gasteiger partial charge < -0.3 is 9.64 Å². The number of hydrogen-bond donors (Lipinski definition) is 0. The fourth-order valence-electron chi connectivity index (χ4n) is 2.75. The van der Waals surface area contributed by atoms with Crippen molar-refractivity contribution >= 4 is 11.9 Å². The topological polar surface area (TPSA) is 46.6 Å². The van der Waals surface area contributed by atoms with E-state index in [1.807, 2.05) is 0 Å². The molecule has 138 valence electrons. The van der Waals surface area contributed by atoms with Crippen LogP contribution in [-0.2, 0) is 11.2 Å². The highest BCUT2D eigenvalue weighted by Gasteiger charge is 2.48. The molecule has 1 aromatic carbocycles.